The molecule has 5 nitrogen and oxygen atoms in total. The highest BCUT2D eigenvalue weighted by atomic mass is 35.5. The summed E-state index contributed by atoms with van der Waals surface area (Å²) in [7, 11) is 0. The second-order valence-electron chi connectivity index (χ2n) is 6.11. The van der Waals surface area contributed by atoms with Crippen molar-refractivity contribution in [3.63, 3.8) is 0 Å². The Labute approximate surface area is 160 Å². The van der Waals surface area contributed by atoms with Crippen molar-refractivity contribution in [3.05, 3.63) is 87.6 Å². The summed E-state index contributed by atoms with van der Waals surface area (Å²) < 4.78 is 22.0. The largest absolute Gasteiger partial charge is 0.422 e. The minimum absolute atomic E-state index is 0.0913. The van der Waals surface area contributed by atoms with Gasteiger partial charge in [0.15, 0.2) is 0 Å². The van der Waals surface area contributed by atoms with Gasteiger partial charge in [-0.05, 0) is 31.2 Å². The maximum Gasteiger partial charge on any atom is 0.229 e. The molecule has 0 saturated heterocycles. The Kier molecular flexibility index (Phi) is 4.09. The first-order valence-electron chi connectivity index (χ1n) is 8.19. The molecule has 1 aliphatic rings. The molecule has 0 radical (unpaired) electrons. The van der Waals surface area contributed by atoms with Crippen LogP contribution in [0.3, 0.4) is 0 Å². The van der Waals surface area contributed by atoms with Gasteiger partial charge >= 0.3 is 0 Å². The van der Waals surface area contributed by atoms with Crippen molar-refractivity contribution in [2.75, 3.05) is 0 Å². The summed E-state index contributed by atoms with van der Waals surface area (Å²) in [6.45, 7) is 1.78. The number of halogens is 2. The normalized spacial score (nSPS) is 15.9. The monoisotopic (exact) mass is 380 g/mol. The number of nitrogens with two attached hydrogens (primary N) is 1. The fourth-order valence-electron chi connectivity index (χ4n) is 3.33. The molecule has 1 aliphatic heterocycles. The molecule has 4 rings (SSSR count). The van der Waals surface area contributed by atoms with Gasteiger partial charge in [0.05, 0.1) is 22.9 Å². The van der Waals surface area contributed by atoms with E-state index in [-0.39, 0.29) is 22.0 Å². The van der Waals surface area contributed by atoms with Crippen LogP contribution in [0, 0.1) is 24.1 Å². The molecule has 0 spiro atoms. The molecule has 2 N–H and O–H groups in total. The number of hydrogen-bond acceptors (Lipinski definition) is 4. The average molecular weight is 381 g/mol. The summed E-state index contributed by atoms with van der Waals surface area (Å²) in [6.07, 6.45) is 0. The van der Waals surface area contributed by atoms with Crippen molar-refractivity contribution in [1.82, 2.24) is 9.78 Å². The van der Waals surface area contributed by atoms with Crippen LogP contribution in [-0.4, -0.2) is 9.78 Å². The van der Waals surface area contributed by atoms with E-state index < -0.39 is 11.7 Å². The van der Waals surface area contributed by atoms with Gasteiger partial charge in [0.25, 0.3) is 0 Å². The summed E-state index contributed by atoms with van der Waals surface area (Å²) in [5.41, 5.74) is 8.22. The second kappa shape index (κ2) is 6.45. The first kappa shape index (κ1) is 17.1. The van der Waals surface area contributed by atoms with Crippen molar-refractivity contribution in [1.29, 1.82) is 5.26 Å². The molecule has 3 aromatic rings. The summed E-state index contributed by atoms with van der Waals surface area (Å²) >= 11 is 6.29. The molecule has 7 heteroatoms. The molecule has 0 unspecified atom stereocenters. The van der Waals surface area contributed by atoms with Gasteiger partial charge in [-0.15, -0.1) is 0 Å². The minimum Gasteiger partial charge on any atom is -0.422 e. The predicted octanol–water partition coefficient (Wildman–Crippen LogP) is 4.19. The molecule has 2 aromatic carbocycles. The number of aryl methyl sites for hydroxylation is 1. The van der Waals surface area contributed by atoms with Crippen LogP contribution in [0.1, 0.15) is 22.7 Å². The Bertz CT molecular complexity index is 1090. The number of fused-ring (bicyclic) bond motifs is 1. The first-order valence-corrected chi connectivity index (χ1v) is 8.57. The lowest BCUT2D eigenvalue weighted by Gasteiger charge is -2.25. The Morgan fingerprint density at radius 2 is 1.93 bits per heavy atom. The van der Waals surface area contributed by atoms with Crippen molar-refractivity contribution in [2.45, 2.75) is 12.8 Å². The van der Waals surface area contributed by atoms with E-state index in [4.69, 9.17) is 22.1 Å². The first-order chi connectivity index (χ1) is 13.0. The third kappa shape index (κ3) is 2.64. The van der Waals surface area contributed by atoms with Gasteiger partial charge < -0.3 is 10.5 Å². The van der Waals surface area contributed by atoms with Gasteiger partial charge in [-0.25, -0.2) is 9.07 Å². The number of aromatic nitrogens is 2. The van der Waals surface area contributed by atoms with E-state index in [0.717, 1.165) is 5.69 Å². The number of nitrogens with zero attached hydrogens (tertiary/aromatic N) is 3. The van der Waals surface area contributed by atoms with Crippen molar-refractivity contribution in [3.8, 4) is 17.6 Å². The van der Waals surface area contributed by atoms with Crippen LogP contribution >= 0.6 is 11.6 Å². The lowest BCUT2D eigenvalue weighted by molar-refractivity contribution is 0.366. The maximum atomic E-state index is 14.7. The Morgan fingerprint density at radius 1 is 1.19 bits per heavy atom. The zero-order valence-electron chi connectivity index (χ0n) is 14.3. The number of nitriles is 1. The van der Waals surface area contributed by atoms with Crippen LogP contribution < -0.4 is 10.5 Å². The molecule has 1 aromatic heterocycles. The third-order valence-corrected chi connectivity index (χ3v) is 4.85. The fraction of sp³-hybridized carbons (Fsp3) is 0.100. The van der Waals surface area contributed by atoms with Crippen LogP contribution in [0.25, 0.3) is 5.69 Å². The topological polar surface area (TPSA) is 76.9 Å². The van der Waals surface area contributed by atoms with Gasteiger partial charge in [0.1, 0.15) is 17.5 Å². The molecule has 2 heterocycles. The number of ether oxygens (including phenoxy) is 1. The third-order valence-electron chi connectivity index (χ3n) is 4.52. The van der Waals surface area contributed by atoms with Gasteiger partial charge in [-0.1, -0.05) is 35.9 Å². The molecular weight excluding hydrogens is 367 g/mol. The van der Waals surface area contributed by atoms with E-state index in [1.54, 1.807) is 17.7 Å². The quantitative estimate of drug-likeness (QED) is 0.723. The molecule has 0 amide bonds. The zero-order valence-corrected chi connectivity index (χ0v) is 15.0. The summed E-state index contributed by atoms with van der Waals surface area (Å²) in [6, 6.07) is 15.8. The number of hydrogen-bond donors (Lipinski definition) is 1. The molecule has 0 aliphatic carbocycles. The lowest BCUT2D eigenvalue weighted by atomic mass is 9.84. The second-order valence-corrected chi connectivity index (χ2v) is 6.52. The van der Waals surface area contributed by atoms with E-state index in [1.807, 2.05) is 36.4 Å². The Hall–Kier alpha value is -3.30. The lowest BCUT2D eigenvalue weighted by Crippen LogP contribution is -2.22. The number of benzene rings is 2. The SMILES string of the molecule is Cc1nn(-c2ccccc2)c2c1[C@@H](c1c(F)cccc1Cl)C(C#N)=C(N)O2. The number of allylic oxidation sites excluding steroid dienone is 1. The van der Waals surface area contributed by atoms with E-state index >= 15 is 0 Å². The van der Waals surface area contributed by atoms with E-state index in [1.165, 1.54) is 12.1 Å². The predicted molar refractivity (Wildman–Crippen MR) is 99.0 cm³/mol. The van der Waals surface area contributed by atoms with Gasteiger partial charge in [0, 0.05) is 10.6 Å². The van der Waals surface area contributed by atoms with Crippen LogP contribution in [0.2, 0.25) is 5.02 Å². The van der Waals surface area contributed by atoms with Crippen LogP contribution in [0.15, 0.2) is 60.0 Å². The summed E-state index contributed by atoms with van der Waals surface area (Å²) in [5, 5.41) is 14.4. The van der Waals surface area contributed by atoms with E-state index in [9.17, 15) is 9.65 Å². The minimum atomic E-state index is -0.801. The standard InChI is InChI=1S/C20H14ClFN4O/c1-11-16-17(18-14(21)8-5-9-15(18)22)13(10-23)19(24)27-20(16)26(25-11)12-6-3-2-4-7-12/h2-9,17H,24H2,1H3/t17-/m0/s1. The highest BCUT2D eigenvalue weighted by Gasteiger charge is 2.38. The highest BCUT2D eigenvalue weighted by molar-refractivity contribution is 6.31. The summed E-state index contributed by atoms with van der Waals surface area (Å²) in [5.74, 6) is -1.07. The molecule has 0 saturated carbocycles. The van der Waals surface area contributed by atoms with E-state index in [2.05, 4.69) is 5.10 Å². The molecule has 1 atom stereocenters. The van der Waals surface area contributed by atoms with Crippen molar-refractivity contribution < 1.29 is 9.13 Å². The molecule has 0 fully saturated rings. The fourth-order valence-corrected chi connectivity index (χ4v) is 3.61. The van der Waals surface area contributed by atoms with Crippen LogP contribution in [0.4, 0.5) is 4.39 Å². The average Bonchev–Trinajstić information content (AvgIpc) is 2.98. The number of rotatable bonds is 2. The highest BCUT2D eigenvalue weighted by Crippen LogP contribution is 2.46. The zero-order chi connectivity index (χ0) is 19.1. The molecule has 134 valence electrons. The maximum absolute atomic E-state index is 14.7. The molecule has 27 heavy (non-hydrogen) atoms. The summed E-state index contributed by atoms with van der Waals surface area (Å²) in [4.78, 5) is 0. The van der Waals surface area contributed by atoms with Crippen molar-refractivity contribution in [2.24, 2.45) is 5.73 Å². The van der Waals surface area contributed by atoms with Gasteiger partial charge in [-0.2, -0.15) is 10.4 Å². The van der Waals surface area contributed by atoms with E-state index in [0.29, 0.717) is 17.1 Å². The van der Waals surface area contributed by atoms with Crippen LogP contribution in [-0.2, 0) is 0 Å². The smallest absolute Gasteiger partial charge is 0.229 e. The van der Waals surface area contributed by atoms with Crippen LogP contribution in [0.5, 0.6) is 5.88 Å². The Balaban J connectivity index is 2.02. The Morgan fingerprint density at radius 3 is 2.59 bits per heavy atom. The molecule has 0 bridgehead atoms. The van der Waals surface area contributed by atoms with Crippen molar-refractivity contribution >= 4 is 11.6 Å². The van der Waals surface area contributed by atoms with Gasteiger partial charge in [0.2, 0.25) is 11.8 Å². The van der Waals surface area contributed by atoms with Gasteiger partial charge in [-0.3, -0.25) is 0 Å². The molecular formula is C20H14ClFN4O. The number of para-hydroxylation sites is 1.